The molecule has 0 aromatic carbocycles. The zero-order chi connectivity index (χ0) is 11.9. The monoisotopic (exact) mass is 225 g/mol. The van der Waals surface area contributed by atoms with Gasteiger partial charge in [-0.25, -0.2) is 4.79 Å². The Morgan fingerprint density at radius 1 is 1.56 bits per heavy atom. The molecule has 1 saturated heterocycles. The highest BCUT2D eigenvalue weighted by atomic mass is 16.5. The normalized spacial score (nSPS) is 29.1. The van der Waals surface area contributed by atoms with Crippen molar-refractivity contribution in [2.45, 2.75) is 18.4 Å². The minimum Gasteiger partial charge on any atom is -0.469 e. The maximum absolute atomic E-state index is 11.5. The van der Waals surface area contributed by atoms with Gasteiger partial charge in [0.2, 0.25) is 6.23 Å². The van der Waals surface area contributed by atoms with Crippen LogP contribution in [-0.2, 0) is 4.74 Å². The predicted molar refractivity (Wildman–Crippen MR) is 54.2 cm³/mol. The lowest BCUT2D eigenvalue weighted by Gasteiger charge is -2.16. The van der Waals surface area contributed by atoms with Crippen LogP contribution in [0.2, 0.25) is 0 Å². The average molecular weight is 225 g/mol. The maximum atomic E-state index is 11.5. The summed E-state index contributed by atoms with van der Waals surface area (Å²) in [5.41, 5.74) is 4.66. The highest BCUT2D eigenvalue weighted by Gasteiger charge is 2.40. The number of ether oxygens (including phenoxy) is 1. The van der Waals surface area contributed by atoms with Gasteiger partial charge in [-0.3, -0.25) is 4.57 Å². The molecule has 1 aliphatic heterocycles. The highest BCUT2D eigenvalue weighted by molar-refractivity contribution is 5.23. The smallest absolute Gasteiger partial charge is 0.352 e. The van der Waals surface area contributed by atoms with Crippen molar-refractivity contribution in [3.05, 3.63) is 35.1 Å². The van der Waals surface area contributed by atoms with Crippen LogP contribution >= 0.6 is 0 Å². The second-order valence-electron chi connectivity index (χ2n) is 3.45. The molecule has 0 amide bonds. The molecule has 7 nitrogen and oxygen atoms in total. The Morgan fingerprint density at radius 2 is 2.25 bits per heavy atom. The van der Waals surface area contributed by atoms with E-state index < -0.39 is 24.1 Å². The van der Waals surface area contributed by atoms with E-state index in [9.17, 15) is 15.0 Å². The Morgan fingerprint density at radius 3 is 2.75 bits per heavy atom. The van der Waals surface area contributed by atoms with Gasteiger partial charge >= 0.3 is 5.69 Å². The van der Waals surface area contributed by atoms with Gasteiger partial charge in [-0.05, 0) is 6.07 Å². The molecule has 0 radical (unpaired) electrons. The summed E-state index contributed by atoms with van der Waals surface area (Å²) in [4.78, 5) is 14.9. The van der Waals surface area contributed by atoms with Crippen molar-refractivity contribution >= 4 is 5.82 Å². The SMILES string of the molecule is C=C1O[C@@H](n2ccc(N)nc2=O)[C@H](O)[C@@H]1O. The molecule has 1 aromatic rings. The summed E-state index contributed by atoms with van der Waals surface area (Å²) in [5.74, 6) is 0.0920. The minimum absolute atomic E-state index is 0.0150. The summed E-state index contributed by atoms with van der Waals surface area (Å²) >= 11 is 0. The van der Waals surface area contributed by atoms with E-state index in [-0.39, 0.29) is 11.6 Å². The van der Waals surface area contributed by atoms with Gasteiger partial charge in [0.05, 0.1) is 0 Å². The van der Waals surface area contributed by atoms with E-state index in [1.165, 1.54) is 12.3 Å². The van der Waals surface area contributed by atoms with Crippen molar-refractivity contribution in [1.82, 2.24) is 9.55 Å². The predicted octanol–water partition coefficient (Wildman–Crippen LogP) is -1.41. The Hall–Kier alpha value is -1.86. The standard InChI is InChI=1S/C9H11N3O4/c1-4-6(13)7(14)8(16-4)12-3-2-5(10)11-9(12)15/h2-3,6-8,13-14H,1H2,(H2,10,11,15)/t6-,7-,8-/m1/s1. The first-order valence-corrected chi connectivity index (χ1v) is 4.57. The number of hydrogen-bond donors (Lipinski definition) is 3. The summed E-state index contributed by atoms with van der Waals surface area (Å²) in [7, 11) is 0. The van der Waals surface area contributed by atoms with E-state index in [2.05, 4.69) is 11.6 Å². The van der Waals surface area contributed by atoms with E-state index in [0.717, 1.165) is 4.57 Å². The van der Waals surface area contributed by atoms with Gasteiger partial charge in [0.25, 0.3) is 0 Å². The van der Waals surface area contributed by atoms with Gasteiger partial charge in [-0.1, -0.05) is 6.58 Å². The van der Waals surface area contributed by atoms with Gasteiger partial charge in [0, 0.05) is 6.20 Å². The molecule has 3 atom stereocenters. The number of nitrogen functional groups attached to an aromatic ring is 1. The number of aromatic nitrogens is 2. The van der Waals surface area contributed by atoms with Gasteiger partial charge in [-0.15, -0.1) is 0 Å². The maximum Gasteiger partial charge on any atom is 0.352 e. The van der Waals surface area contributed by atoms with Gasteiger partial charge < -0.3 is 20.7 Å². The number of hydrogen-bond acceptors (Lipinski definition) is 6. The molecule has 4 N–H and O–H groups in total. The molecule has 0 bridgehead atoms. The number of anilines is 1. The third-order valence-electron chi connectivity index (χ3n) is 2.34. The van der Waals surface area contributed by atoms with Crippen LogP contribution in [-0.4, -0.2) is 32.0 Å². The van der Waals surface area contributed by atoms with Crippen LogP contribution in [0, 0.1) is 0 Å². The zero-order valence-corrected chi connectivity index (χ0v) is 8.28. The van der Waals surface area contributed by atoms with Crippen molar-refractivity contribution in [3.63, 3.8) is 0 Å². The van der Waals surface area contributed by atoms with E-state index in [1.807, 2.05) is 0 Å². The number of aliphatic hydroxyl groups is 2. The second kappa shape index (κ2) is 3.62. The molecule has 1 aliphatic rings. The highest BCUT2D eigenvalue weighted by Crippen LogP contribution is 2.29. The van der Waals surface area contributed by atoms with Crippen molar-refractivity contribution in [3.8, 4) is 0 Å². The van der Waals surface area contributed by atoms with Gasteiger partial charge in [0.15, 0.2) is 0 Å². The molecular weight excluding hydrogens is 214 g/mol. The van der Waals surface area contributed by atoms with Crippen LogP contribution in [0.15, 0.2) is 29.4 Å². The first kappa shape index (κ1) is 10.7. The van der Waals surface area contributed by atoms with Gasteiger partial charge in [0.1, 0.15) is 23.8 Å². The lowest BCUT2D eigenvalue weighted by atomic mass is 10.2. The Labute approximate surface area is 90.4 Å². The summed E-state index contributed by atoms with van der Waals surface area (Å²) in [6.45, 7) is 3.42. The summed E-state index contributed by atoms with van der Waals surface area (Å²) in [6.07, 6.45) is -2.16. The fourth-order valence-electron chi connectivity index (χ4n) is 1.48. The first-order chi connectivity index (χ1) is 7.50. The van der Waals surface area contributed by atoms with Crippen LogP contribution < -0.4 is 11.4 Å². The van der Waals surface area contributed by atoms with Crippen LogP contribution in [0.5, 0.6) is 0 Å². The number of rotatable bonds is 1. The molecule has 7 heteroatoms. The fourth-order valence-corrected chi connectivity index (χ4v) is 1.48. The summed E-state index contributed by atoms with van der Waals surface area (Å²) in [6, 6.07) is 1.39. The minimum atomic E-state index is -1.25. The first-order valence-electron chi connectivity index (χ1n) is 4.57. The molecule has 0 aliphatic carbocycles. The molecule has 0 unspecified atom stereocenters. The summed E-state index contributed by atoms with van der Waals surface area (Å²) in [5, 5.41) is 19.0. The Balaban J connectivity index is 2.39. The third-order valence-corrected chi connectivity index (χ3v) is 2.34. The lowest BCUT2D eigenvalue weighted by Crippen LogP contribution is -2.34. The van der Waals surface area contributed by atoms with Crippen molar-refractivity contribution in [2.75, 3.05) is 5.73 Å². The van der Waals surface area contributed by atoms with Crippen molar-refractivity contribution in [1.29, 1.82) is 0 Å². The van der Waals surface area contributed by atoms with E-state index in [4.69, 9.17) is 10.5 Å². The molecule has 2 rings (SSSR count). The Bertz CT molecular complexity index is 484. The quantitative estimate of drug-likeness (QED) is 0.541. The second-order valence-corrected chi connectivity index (χ2v) is 3.45. The lowest BCUT2D eigenvalue weighted by molar-refractivity contribution is -0.0162. The average Bonchev–Trinajstić information content (AvgIpc) is 2.46. The van der Waals surface area contributed by atoms with Crippen LogP contribution in [0.1, 0.15) is 6.23 Å². The van der Waals surface area contributed by atoms with Crippen LogP contribution in [0.4, 0.5) is 5.82 Å². The summed E-state index contributed by atoms with van der Waals surface area (Å²) < 4.78 is 6.12. The van der Waals surface area contributed by atoms with E-state index >= 15 is 0 Å². The third kappa shape index (κ3) is 1.55. The Kier molecular flexibility index (Phi) is 2.41. The number of nitrogens with zero attached hydrogens (tertiary/aromatic N) is 2. The topological polar surface area (TPSA) is 111 Å². The van der Waals surface area contributed by atoms with Crippen molar-refractivity contribution in [2.24, 2.45) is 0 Å². The largest absolute Gasteiger partial charge is 0.469 e. The van der Waals surface area contributed by atoms with E-state index in [0.29, 0.717) is 0 Å². The zero-order valence-electron chi connectivity index (χ0n) is 8.28. The molecule has 16 heavy (non-hydrogen) atoms. The van der Waals surface area contributed by atoms with Gasteiger partial charge in [-0.2, -0.15) is 4.98 Å². The fraction of sp³-hybridized carbons (Fsp3) is 0.333. The molecule has 1 fully saturated rings. The van der Waals surface area contributed by atoms with Crippen LogP contribution in [0.25, 0.3) is 0 Å². The van der Waals surface area contributed by atoms with Crippen LogP contribution in [0.3, 0.4) is 0 Å². The molecule has 2 heterocycles. The molecule has 1 aromatic heterocycles. The van der Waals surface area contributed by atoms with E-state index in [1.54, 1.807) is 0 Å². The molecule has 0 spiro atoms. The molecular formula is C9H11N3O4. The number of aliphatic hydroxyl groups excluding tert-OH is 2. The molecule has 0 saturated carbocycles. The number of nitrogens with two attached hydrogens (primary N) is 1. The molecule has 86 valence electrons. The van der Waals surface area contributed by atoms with Crippen molar-refractivity contribution < 1.29 is 14.9 Å².